The first-order valence-electron chi connectivity index (χ1n) is 7.33. The van der Waals surface area contributed by atoms with Gasteiger partial charge < -0.3 is 14.7 Å². The zero-order valence-corrected chi connectivity index (χ0v) is 12.4. The first kappa shape index (κ1) is 16.0. The van der Waals surface area contributed by atoms with Crippen molar-refractivity contribution in [3.63, 3.8) is 0 Å². The quantitative estimate of drug-likeness (QED) is 0.862. The van der Waals surface area contributed by atoms with E-state index in [0.717, 1.165) is 31.7 Å². The van der Waals surface area contributed by atoms with Crippen LogP contribution >= 0.6 is 0 Å². The van der Waals surface area contributed by atoms with Crippen LogP contribution < -0.4 is 0 Å². The van der Waals surface area contributed by atoms with E-state index in [0.29, 0.717) is 18.0 Å². The van der Waals surface area contributed by atoms with Crippen molar-refractivity contribution in [1.29, 1.82) is 0 Å². The van der Waals surface area contributed by atoms with Gasteiger partial charge in [0.2, 0.25) is 0 Å². The molecule has 0 radical (unpaired) electrons. The van der Waals surface area contributed by atoms with Crippen molar-refractivity contribution in [2.45, 2.75) is 19.4 Å². The number of halogens is 1. The molecular formula is C17H22FNO2. The van der Waals surface area contributed by atoms with E-state index in [2.05, 4.69) is 16.7 Å². The van der Waals surface area contributed by atoms with E-state index in [-0.39, 0.29) is 12.4 Å². The molecule has 21 heavy (non-hydrogen) atoms. The van der Waals surface area contributed by atoms with Crippen LogP contribution in [0.2, 0.25) is 0 Å². The average Bonchev–Trinajstić information content (AvgIpc) is 2.45. The van der Waals surface area contributed by atoms with Gasteiger partial charge in [0.05, 0.1) is 6.61 Å². The summed E-state index contributed by atoms with van der Waals surface area (Å²) < 4.78 is 19.1. The fourth-order valence-corrected chi connectivity index (χ4v) is 2.72. The average molecular weight is 291 g/mol. The number of benzene rings is 1. The van der Waals surface area contributed by atoms with E-state index in [1.54, 1.807) is 0 Å². The van der Waals surface area contributed by atoms with Crippen molar-refractivity contribution < 1.29 is 14.2 Å². The molecule has 1 aromatic carbocycles. The highest BCUT2D eigenvalue weighted by Gasteiger charge is 2.16. The molecule has 1 saturated heterocycles. The van der Waals surface area contributed by atoms with Gasteiger partial charge in [0.25, 0.3) is 0 Å². The predicted molar refractivity (Wildman–Crippen MR) is 80.2 cm³/mol. The van der Waals surface area contributed by atoms with Crippen molar-refractivity contribution in [3.8, 4) is 11.8 Å². The monoisotopic (exact) mass is 291 g/mol. The molecule has 0 bridgehead atoms. The maximum absolute atomic E-state index is 13.6. The van der Waals surface area contributed by atoms with Crippen LogP contribution in [0.25, 0.3) is 0 Å². The Bertz CT molecular complexity index is 515. The molecule has 1 aliphatic heterocycles. The Hall–Kier alpha value is -1.41. The molecule has 1 atom stereocenters. The largest absolute Gasteiger partial charge is 0.384 e. The Labute approximate surface area is 125 Å². The van der Waals surface area contributed by atoms with Gasteiger partial charge in [-0.1, -0.05) is 11.8 Å². The minimum absolute atomic E-state index is 0.215. The van der Waals surface area contributed by atoms with E-state index in [1.807, 2.05) is 13.1 Å². The van der Waals surface area contributed by atoms with Gasteiger partial charge in [0, 0.05) is 25.3 Å². The third kappa shape index (κ3) is 5.47. The summed E-state index contributed by atoms with van der Waals surface area (Å²) in [7, 11) is 2.04. The number of nitrogens with zero attached hydrogens (tertiary/aromatic N) is 1. The number of ether oxygens (including phenoxy) is 1. The Morgan fingerprint density at radius 3 is 3.00 bits per heavy atom. The lowest BCUT2D eigenvalue weighted by atomic mass is 10.0. The number of aliphatic hydroxyl groups excluding tert-OH is 1. The minimum atomic E-state index is -0.288. The summed E-state index contributed by atoms with van der Waals surface area (Å²) in [4.78, 5) is 2.19. The highest BCUT2D eigenvalue weighted by atomic mass is 19.1. The molecule has 0 amide bonds. The molecule has 2 rings (SSSR count). The maximum Gasteiger partial charge on any atom is 0.124 e. The number of hydrogen-bond donors (Lipinski definition) is 1. The van der Waals surface area contributed by atoms with Crippen LogP contribution in [0.4, 0.5) is 4.39 Å². The van der Waals surface area contributed by atoms with E-state index in [1.165, 1.54) is 18.6 Å². The van der Waals surface area contributed by atoms with Crippen LogP contribution in [0.5, 0.6) is 0 Å². The van der Waals surface area contributed by atoms with Crippen LogP contribution in [0.1, 0.15) is 24.0 Å². The smallest absolute Gasteiger partial charge is 0.124 e. The second-order valence-corrected chi connectivity index (χ2v) is 5.59. The van der Waals surface area contributed by atoms with Gasteiger partial charge in [-0.3, -0.25) is 0 Å². The molecule has 3 nitrogen and oxygen atoms in total. The lowest BCUT2D eigenvalue weighted by molar-refractivity contribution is 0.0411. The van der Waals surface area contributed by atoms with Crippen LogP contribution in [-0.4, -0.2) is 43.4 Å². The molecule has 1 fully saturated rings. The number of hydrogen-bond acceptors (Lipinski definition) is 3. The zero-order chi connectivity index (χ0) is 15.1. The Morgan fingerprint density at radius 2 is 2.29 bits per heavy atom. The number of aliphatic hydroxyl groups is 1. The van der Waals surface area contributed by atoms with Crippen LogP contribution in [-0.2, 0) is 11.3 Å². The lowest BCUT2D eigenvalue weighted by Crippen LogP contribution is -2.30. The summed E-state index contributed by atoms with van der Waals surface area (Å²) in [6.45, 7) is 3.11. The van der Waals surface area contributed by atoms with E-state index in [4.69, 9.17) is 9.84 Å². The second-order valence-electron chi connectivity index (χ2n) is 5.59. The van der Waals surface area contributed by atoms with E-state index >= 15 is 0 Å². The van der Waals surface area contributed by atoms with Crippen molar-refractivity contribution in [2.75, 3.05) is 33.4 Å². The molecule has 0 aliphatic carbocycles. The topological polar surface area (TPSA) is 32.7 Å². The summed E-state index contributed by atoms with van der Waals surface area (Å²) in [5, 5.41) is 8.71. The van der Waals surface area contributed by atoms with Gasteiger partial charge in [-0.2, -0.15) is 0 Å². The van der Waals surface area contributed by atoms with Crippen LogP contribution in [0.15, 0.2) is 18.2 Å². The molecule has 0 aromatic heterocycles. The molecule has 0 saturated carbocycles. The van der Waals surface area contributed by atoms with Gasteiger partial charge in [-0.15, -0.1) is 0 Å². The predicted octanol–water partition coefficient (Wildman–Crippen LogP) is 2.03. The van der Waals surface area contributed by atoms with Gasteiger partial charge in [0.15, 0.2) is 0 Å². The third-order valence-electron chi connectivity index (χ3n) is 3.55. The zero-order valence-electron chi connectivity index (χ0n) is 12.4. The molecule has 1 N–H and O–H groups in total. The lowest BCUT2D eigenvalue weighted by Gasteiger charge is -2.27. The summed E-state index contributed by atoms with van der Waals surface area (Å²) in [5.41, 5.74) is 1.50. The Kier molecular flexibility index (Phi) is 6.19. The van der Waals surface area contributed by atoms with Crippen molar-refractivity contribution in [3.05, 3.63) is 35.1 Å². The maximum atomic E-state index is 13.6. The number of rotatable bonds is 4. The summed E-state index contributed by atoms with van der Waals surface area (Å²) >= 11 is 0. The molecule has 1 unspecified atom stereocenters. The fourth-order valence-electron chi connectivity index (χ4n) is 2.72. The molecule has 4 heteroatoms. The first-order valence-corrected chi connectivity index (χ1v) is 7.33. The normalized spacial score (nSPS) is 18.4. The summed E-state index contributed by atoms with van der Waals surface area (Å²) in [6, 6.07) is 4.80. The van der Waals surface area contributed by atoms with E-state index < -0.39 is 0 Å². The van der Waals surface area contributed by atoms with Gasteiger partial charge in [0.1, 0.15) is 12.4 Å². The van der Waals surface area contributed by atoms with E-state index in [9.17, 15) is 4.39 Å². The van der Waals surface area contributed by atoms with Crippen LogP contribution in [0.3, 0.4) is 0 Å². The SMILES string of the molecule is CN(Cc1cc(F)cc(C#CCO)c1)CC1CCCOC1. The highest BCUT2D eigenvalue weighted by Crippen LogP contribution is 2.16. The summed E-state index contributed by atoms with van der Waals surface area (Å²) in [6.07, 6.45) is 2.32. The Balaban J connectivity index is 1.96. The van der Waals surface area contributed by atoms with Gasteiger partial charge in [-0.05, 0) is 49.6 Å². The standard InChI is InChI=1S/C17H22FNO2/c1-19(11-15-5-3-7-21-13-15)12-16-8-14(4-2-6-20)9-17(18)10-16/h8-10,15,20H,3,5-7,11-13H2,1H3. The van der Waals surface area contributed by atoms with Crippen molar-refractivity contribution >= 4 is 0 Å². The highest BCUT2D eigenvalue weighted by molar-refractivity contribution is 5.37. The third-order valence-corrected chi connectivity index (χ3v) is 3.55. The Morgan fingerprint density at radius 1 is 1.43 bits per heavy atom. The molecule has 1 aliphatic rings. The van der Waals surface area contributed by atoms with Gasteiger partial charge >= 0.3 is 0 Å². The molecular weight excluding hydrogens is 269 g/mol. The van der Waals surface area contributed by atoms with Crippen molar-refractivity contribution in [1.82, 2.24) is 4.90 Å². The molecule has 114 valence electrons. The molecule has 1 aromatic rings. The second kappa shape index (κ2) is 8.14. The van der Waals surface area contributed by atoms with Gasteiger partial charge in [-0.25, -0.2) is 4.39 Å². The molecule has 0 spiro atoms. The van der Waals surface area contributed by atoms with Crippen molar-refractivity contribution in [2.24, 2.45) is 5.92 Å². The fraction of sp³-hybridized carbons (Fsp3) is 0.529. The minimum Gasteiger partial charge on any atom is -0.384 e. The summed E-state index contributed by atoms with van der Waals surface area (Å²) in [5.74, 6) is 5.57. The first-order chi connectivity index (χ1) is 10.2. The molecule has 1 heterocycles. The van der Waals surface area contributed by atoms with Crippen LogP contribution in [0, 0.1) is 23.6 Å².